The molecular weight excluding hydrogens is 787 g/mol. The number of fused-ring (bicyclic) bond motifs is 12. The normalized spacial score (nSPS) is 14.8. The van der Waals surface area contributed by atoms with Crippen LogP contribution in [0.3, 0.4) is 0 Å². The third-order valence-electron chi connectivity index (χ3n) is 14.0. The first kappa shape index (κ1) is 36.5. The van der Waals surface area contributed by atoms with Gasteiger partial charge in [-0.2, -0.15) is 9.97 Å². The highest BCUT2D eigenvalue weighted by Gasteiger charge is 2.38. The minimum Gasteiger partial charge on any atom is -0.309 e. The zero-order valence-corrected chi connectivity index (χ0v) is 36.5. The molecule has 63 heavy (non-hydrogen) atoms. The van der Waals surface area contributed by atoms with Crippen molar-refractivity contribution in [3.05, 3.63) is 175 Å². The fourth-order valence-electron chi connectivity index (χ4n) is 10.6. The molecule has 0 bridgehead atoms. The van der Waals surface area contributed by atoms with Crippen molar-refractivity contribution in [3.63, 3.8) is 0 Å². The monoisotopic (exact) mass is 829 g/mol. The second-order valence-electron chi connectivity index (χ2n) is 18.7. The summed E-state index contributed by atoms with van der Waals surface area (Å²) in [6.07, 6.45) is 2.32. The molecule has 0 radical (unpaired) electrons. The van der Waals surface area contributed by atoms with Crippen molar-refractivity contribution >= 4 is 85.9 Å². The minimum absolute atomic E-state index is 0.0712. The molecule has 1 aliphatic rings. The smallest absolute Gasteiger partial charge is 0.238 e. The predicted molar refractivity (Wildman–Crippen MR) is 265 cm³/mol. The molecule has 4 heterocycles. The van der Waals surface area contributed by atoms with Gasteiger partial charge in [-0.15, -0.1) is 11.3 Å². The van der Waals surface area contributed by atoms with Gasteiger partial charge in [-0.25, -0.2) is 4.98 Å². The van der Waals surface area contributed by atoms with Gasteiger partial charge >= 0.3 is 0 Å². The Hall–Kier alpha value is -7.15. The Morgan fingerprint density at radius 2 is 1.05 bits per heavy atom. The molecule has 5 nitrogen and oxygen atoms in total. The molecule has 1 aliphatic carbocycles. The molecule has 8 aromatic carbocycles. The van der Waals surface area contributed by atoms with Crippen LogP contribution < -0.4 is 0 Å². The topological polar surface area (TPSA) is 48.5 Å². The molecule has 0 N–H and O–H groups in total. The zero-order chi connectivity index (χ0) is 42.2. The van der Waals surface area contributed by atoms with Crippen molar-refractivity contribution in [2.24, 2.45) is 0 Å². The van der Waals surface area contributed by atoms with Crippen molar-refractivity contribution in [2.75, 3.05) is 0 Å². The highest BCUT2D eigenvalue weighted by atomic mass is 32.1. The Balaban J connectivity index is 1.16. The number of hydrogen-bond acceptors (Lipinski definition) is 4. The SMILES string of the molecule is CC1(C)CCC(C)(C)c2cc3c(cc21)c1cc2c4c5ccccc5ccc4n(-c4nc(-c5ccccc5)nc(-c5ccc6c(c5)sc5ccccc56)n4)c2cc1n3-c1ccccc1. The van der Waals surface area contributed by atoms with E-state index in [-0.39, 0.29) is 10.8 Å². The molecule has 0 unspecified atom stereocenters. The van der Waals surface area contributed by atoms with Gasteiger partial charge in [0.15, 0.2) is 11.6 Å². The Morgan fingerprint density at radius 1 is 0.429 bits per heavy atom. The maximum atomic E-state index is 5.44. The Kier molecular flexibility index (Phi) is 7.64. The van der Waals surface area contributed by atoms with E-state index >= 15 is 0 Å². The number of aromatic nitrogens is 5. The van der Waals surface area contributed by atoms with E-state index in [1.165, 1.54) is 69.1 Å². The van der Waals surface area contributed by atoms with E-state index < -0.39 is 0 Å². The summed E-state index contributed by atoms with van der Waals surface area (Å²) in [5.41, 5.74) is 10.6. The molecule has 0 amide bonds. The van der Waals surface area contributed by atoms with Gasteiger partial charge in [0.05, 0.1) is 22.1 Å². The lowest BCUT2D eigenvalue weighted by Gasteiger charge is -2.42. The van der Waals surface area contributed by atoms with Gasteiger partial charge < -0.3 is 4.57 Å². The van der Waals surface area contributed by atoms with Gasteiger partial charge in [0.2, 0.25) is 5.95 Å². The van der Waals surface area contributed by atoms with Crippen molar-refractivity contribution < 1.29 is 0 Å². The lowest BCUT2D eigenvalue weighted by Crippen LogP contribution is -2.33. The van der Waals surface area contributed by atoms with Gasteiger partial charge in [0.1, 0.15) is 0 Å². The third kappa shape index (κ3) is 5.44. The number of para-hydroxylation sites is 1. The molecule has 13 rings (SSSR count). The van der Waals surface area contributed by atoms with Crippen LogP contribution in [0, 0.1) is 0 Å². The van der Waals surface area contributed by atoms with Crippen LogP contribution in [0.1, 0.15) is 51.7 Å². The first-order valence-electron chi connectivity index (χ1n) is 22.0. The number of thiophene rings is 1. The van der Waals surface area contributed by atoms with E-state index in [1.54, 1.807) is 0 Å². The average molecular weight is 830 g/mol. The second-order valence-corrected chi connectivity index (χ2v) is 19.8. The minimum atomic E-state index is 0.0712. The molecule has 6 heteroatoms. The second kappa shape index (κ2) is 13.2. The lowest BCUT2D eigenvalue weighted by molar-refractivity contribution is 0.332. The summed E-state index contributed by atoms with van der Waals surface area (Å²) < 4.78 is 7.26. The summed E-state index contributed by atoms with van der Waals surface area (Å²) in [7, 11) is 0. The Labute approximate surface area is 368 Å². The van der Waals surface area contributed by atoms with Gasteiger partial charge in [0.25, 0.3) is 0 Å². The summed E-state index contributed by atoms with van der Waals surface area (Å²) in [5, 5.41) is 9.82. The van der Waals surface area contributed by atoms with Crippen molar-refractivity contribution in [2.45, 2.75) is 51.4 Å². The van der Waals surface area contributed by atoms with Crippen LogP contribution in [0.15, 0.2) is 164 Å². The van der Waals surface area contributed by atoms with Crippen LogP contribution in [0.25, 0.3) is 109 Å². The third-order valence-corrected chi connectivity index (χ3v) is 15.2. The van der Waals surface area contributed by atoms with Crippen molar-refractivity contribution in [3.8, 4) is 34.4 Å². The number of nitrogens with zero attached hydrogens (tertiary/aromatic N) is 5. The van der Waals surface area contributed by atoms with Crippen LogP contribution in [0.2, 0.25) is 0 Å². The first-order valence-corrected chi connectivity index (χ1v) is 22.8. The molecule has 4 aromatic heterocycles. The summed E-state index contributed by atoms with van der Waals surface area (Å²) in [6.45, 7) is 9.69. The number of rotatable bonds is 4. The van der Waals surface area contributed by atoms with E-state index in [0.717, 1.165) is 46.2 Å². The molecule has 0 saturated carbocycles. The molecule has 0 saturated heterocycles. The van der Waals surface area contributed by atoms with E-state index in [4.69, 9.17) is 15.0 Å². The zero-order valence-electron chi connectivity index (χ0n) is 35.6. The molecule has 0 fully saturated rings. The average Bonchev–Trinajstić information content (AvgIpc) is 3.96. The lowest BCUT2D eigenvalue weighted by atomic mass is 9.63. The number of hydrogen-bond donors (Lipinski definition) is 0. The first-order chi connectivity index (χ1) is 30.7. The quantitative estimate of drug-likeness (QED) is 0.178. The van der Waals surface area contributed by atoms with E-state index in [1.807, 2.05) is 29.5 Å². The standard InChI is InChI=1S/C57H43N5S/c1-56(2)27-28-57(3,4)45-32-47-42(31-44(45)56)41-30-43-49(33-48(41)61(47)37-18-9-6-10-19-37)62(46-26-24-34-15-11-12-20-38(34)52(43)46)55-59-53(35-16-7-5-8-17-35)58-54(60-55)36-23-25-40-39-21-13-14-22-50(39)63-51(40)29-36/h5-26,29-33H,27-28H2,1-4H3. The highest BCUT2D eigenvalue weighted by molar-refractivity contribution is 7.25. The van der Waals surface area contributed by atoms with Gasteiger partial charge in [-0.05, 0) is 100 Å². The molecule has 12 aromatic rings. The van der Waals surface area contributed by atoms with E-state index in [0.29, 0.717) is 17.6 Å². The van der Waals surface area contributed by atoms with E-state index in [2.05, 4.69) is 182 Å². The van der Waals surface area contributed by atoms with Crippen LogP contribution in [0.5, 0.6) is 0 Å². The predicted octanol–water partition coefficient (Wildman–Crippen LogP) is 15.3. The van der Waals surface area contributed by atoms with E-state index in [9.17, 15) is 0 Å². The Morgan fingerprint density at radius 3 is 1.84 bits per heavy atom. The largest absolute Gasteiger partial charge is 0.309 e. The number of benzene rings is 8. The molecule has 0 aliphatic heterocycles. The fourth-order valence-corrected chi connectivity index (χ4v) is 11.7. The fraction of sp³-hybridized carbons (Fsp3) is 0.140. The molecule has 0 spiro atoms. The van der Waals surface area contributed by atoms with Gasteiger partial charge in [0, 0.05) is 58.5 Å². The summed E-state index contributed by atoms with van der Waals surface area (Å²) in [6, 6.07) is 59.6. The van der Waals surface area contributed by atoms with Crippen LogP contribution in [-0.4, -0.2) is 24.1 Å². The van der Waals surface area contributed by atoms with Gasteiger partial charge in [-0.1, -0.05) is 137 Å². The van der Waals surface area contributed by atoms with Crippen molar-refractivity contribution in [1.82, 2.24) is 24.1 Å². The summed E-state index contributed by atoms with van der Waals surface area (Å²) in [4.78, 5) is 16.0. The maximum Gasteiger partial charge on any atom is 0.238 e. The van der Waals surface area contributed by atoms with Crippen molar-refractivity contribution in [1.29, 1.82) is 0 Å². The highest BCUT2D eigenvalue weighted by Crippen LogP contribution is 2.50. The van der Waals surface area contributed by atoms with Crippen LogP contribution in [-0.2, 0) is 10.8 Å². The maximum absolute atomic E-state index is 5.44. The van der Waals surface area contributed by atoms with Crippen LogP contribution >= 0.6 is 11.3 Å². The van der Waals surface area contributed by atoms with Crippen LogP contribution in [0.4, 0.5) is 0 Å². The summed E-state index contributed by atoms with van der Waals surface area (Å²) >= 11 is 1.81. The summed E-state index contributed by atoms with van der Waals surface area (Å²) in [5.74, 6) is 1.87. The molecular formula is C57H43N5S. The van der Waals surface area contributed by atoms with Gasteiger partial charge in [-0.3, -0.25) is 4.57 Å². The molecule has 0 atom stereocenters. The Bertz CT molecular complexity index is 3850. The molecule has 302 valence electrons.